The Kier molecular flexibility index (Phi) is 5.91. The first-order valence-electron chi connectivity index (χ1n) is 8.28. The average Bonchev–Trinajstić information content (AvgIpc) is 2.95. The van der Waals surface area contributed by atoms with Crippen LogP contribution in [0.2, 0.25) is 0 Å². The largest absolute Gasteiger partial charge is 0.405 e. The maximum Gasteiger partial charge on any atom is 0.405 e. The van der Waals surface area contributed by atoms with Gasteiger partial charge in [0.15, 0.2) is 0 Å². The van der Waals surface area contributed by atoms with Gasteiger partial charge in [-0.25, -0.2) is 4.98 Å². The second kappa shape index (κ2) is 7.99. The zero-order valence-corrected chi connectivity index (χ0v) is 15.5. The van der Waals surface area contributed by atoms with Crippen LogP contribution in [0.1, 0.15) is 35.5 Å². The van der Waals surface area contributed by atoms with Crippen LogP contribution >= 0.6 is 23.1 Å². The quantitative estimate of drug-likeness (QED) is 0.724. The molecule has 10 heteroatoms. The number of aromatic amines is 1. The highest BCUT2D eigenvalue weighted by atomic mass is 32.2. The predicted octanol–water partition coefficient (Wildman–Crippen LogP) is 3.17. The topological polar surface area (TPSA) is 74.8 Å². The number of nitrogens with one attached hydrogen (secondary N) is 2. The third-order valence-electron chi connectivity index (χ3n) is 4.07. The first-order valence-corrected chi connectivity index (χ1v) is 10.3. The lowest BCUT2D eigenvalue weighted by atomic mass is 9.97. The van der Waals surface area contributed by atoms with E-state index in [4.69, 9.17) is 0 Å². The van der Waals surface area contributed by atoms with Gasteiger partial charge in [0.05, 0.1) is 11.1 Å². The second-order valence-electron chi connectivity index (χ2n) is 6.10. The van der Waals surface area contributed by atoms with E-state index in [1.54, 1.807) is 11.3 Å². The number of thioether (sulfide) groups is 1. The monoisotopic (exact) mass is 405 g/mol. The fourth-order valence-corrected chi connectivity index (χ4v) is 4.98. The molecule has 2 aromatic rings. The third-order valence-corrected chi connectivity index (χ3v) is 6.23. The summed E-state index contributed by atoms with van der Waals surface area (Å²) in [4.78, 5) is 33.0. The van der Waals surface area contributed by atoms with Crippen molar-refractivity contribution >= 4 is 39.2 Å². The highest BCUT2D eigenvalue weighted by Gasteiger charge is 2.27. The molecule has 0 fully saturated rings. The van der Waals surface area contributed by atoms with Gasteiger partial charge < -0.3 is 10.3 Å². The van der Waals surface area contributed by atoms with Gasteiger partial charge in [-0.2, -0.15) is 24.9 Å². The Hall–Kier alpha value is -1.55. The zero-order chi connectivity index (χ0) is 18.7. The van der Waals surface area contributed by atoms with Gasteiger partial charge in [-0.1, -0.05) is 0 Å². The molecule has 0 spiro atoms. The molecule has 3 rings (SSSR count). The Morgan fingerprint density at radius 1 is 1.31 bits per heavy atom. The van der Waals surface area contributed by atoms with Crippen LogP contribution in [-0.4, -0.2) is 34.3 Å². The van der Waals surface area contributed by atoms with E-state index in [-0.39, 0.29) is 12.0 Å². The molecule has 2 N–H and O–H groups in total. The zero-order valence-electron chi connectivity index (χ0n) is 13.9. The molecule has 0 radical (unpaired) electrons. The van der Waals surface area contributed by atoms with E-state index in [1.165, 1.54) is 16.6 Å². The van der Waals surface area contributed by atoms with Crippen LogP contribution in [0.4, 0.5) is 13.2 Å². The van der Waals surface area contributed by atoms with Crippen molar-refractivity contribution in [3.63, 3.8) is 0 Å². The Morgan fingerprint density at radius 2 is 2.08 bits per heavy atom. The minimum Gasteiger partial charge on any atom is -0.347 e. The highest BCUT2D eigenvalue weighted by Crippen LogP contribution is 2.33. The Morgan fingerprint density at radius 3 is 2.85 bits per heavy atom. The third kappa shape index (κ3) is 4.79. The van der Waals surface area contributed by atoms with Crippen molar-refractivity contribution < 1.29 is 18.0 Å². The molecule has 0 unspecified atom stereocenters. The fraction of sp³-hybridized carbons (Fsp3) is 0.562. The molecular formula is C16H18F3N3O2S2. The number of H-pyrrole nitrogens is 1. The van der Waals surface area contributed by atoms with Gasteiger partial charge in [0.2, 0.25) is 5.91 Å². The van der Waals surface area contributed by atoms with Crippen molar-refractivity contribution in [1.29, 1.82) is 0 Å². The first-order chi connectivity index (χ1) is 12.3. The molecule has 1 aliphatic rings. The summed E-state index contributed by atoms with van der Waals surface area (Å²) in [5, 5.41) is 2.53. The molecule has 0 aromatic carbocycles. The second-order valence-corrected chi connectivity index (χ2v) is 8.29. The van der Waals surface area contributed by atoms with Crippen LogP contribution in [0, 0.1) is 0 Å². The van der Waals surface area contributed by atoms with Crippen LogP contribution in [0.15, 0.2) is 4.79 Å². The van der Waals surface area contributed by atoms with Crippen LogP contribution in [0.5, 0.6) is 0 Å². The molecule has 0 bridgehead atoms. The van der Waals surface area contributed by atoms with Gasteiger partial charge in [-0.05, 0) is 31.2 Å². The van der Waals surface area contributed by atoms with Crippen molar-refractivity contribution in [1.82, 2.24) is 15.3 Å². The maximum atomic E-state index is 12.4. The number of fused-ring (bicyclic) bond motifs is 3. The minimum absolute atomic E-state index is 0.0134. The molecule has 1 aliphatic carbocycles. The molecule has 0 aliphatic heterocycles. The van der Waals surface area contributed by atoms with E-state index in [0.717, 1.165) is 36.1 Å². The lowest BCUT2D eigenvalue weighted by Gasteiger charge is -2.09. The first kappa shape index (κ1) is 19.2. The highest BCUT2D eigenvalue weighted by molar-refractivity contribution is 7.98. The summed E-state index contributed by atoms with van der Waals surface area (Å²) in [5.74, 6) is 0.645. The van der Waals surface area contributed by atoms with Gasteiger partial charge in [-0.15, -0.1) is 11.3 Å². The van der Waals surface area contributed by atoms with E-state index in [2.05, 4.69) is 9.97 Å². The summed E-state index contributed by atoms with van der Waals surface area (Å²) < 4.78 is 36.0. The SMILES string of the molecule is O=C(CCSCc1nc2sc3c(c2c(=O)[nH]1)CCCC3)NCC(F)(F)F. The number of halogens is 3. The Balaban J connectivity index is 1.55. The lowest BCUT2D eigenvalue weighted by Crippen LogP contribution is -2.33. The number of hydrogen-bond donors (Lipinski definition) is 2. The normalized spacial score (nSPS) is 14.4. The van der Waals surface area contributed by atoms with E-state index in [0.29, 0.717) is 22.7 Å². The van der Waals surface area contributed by atoms with Gasteiger partial charge in [0, 0.05) is 17.1 Å². The molecule has 2 aromatic heterocycles. The lowest BCUT2D eigenvalue weighted by molar-refractivity contribution is -0.138. The number of aryl methyl sites for hydroxylation is 2. The molecule has 2 heterocycles. The van der Waals surface area contributed by atoms with E-state index < -0.39 is 18.6 Å². The van der Waals surface area contributed by atoms with E-state index in [9.17, 15) is 22.8 Å². The maximum absolute atomic E-state index is 12.4. The summed E-state index contributed by atoms with van der Waals surface area (Å²) in [5.41, 5.74) is 0.999. The summed E-state index contributed by atoms with van der Waals surface area (Å²) in [7, 11) is 0. The van der Waals surface area contributed by atoms with Crippen molar-refractivity contribution in [3.8, 4) is 0 Å². The van der Waals surface area contributed by atoms with Crippen molar-refractivity contribution in [2.75, 3.05) is 12.3 Å². The number of carbonyl (C=O) groups excluding carboxylic acids is 1. The average molecular weight is 405 g/mol. The Labute approximate surface area is 155 Å². The van der Waals surface area contributed by atoms with E-state index in [1.807, 2.05) is 5.32 Å². The minimum atomic E-state index is -4.40. The number of thiophene rings is 1. The number of aromatic nitrogens is 2. The number of alkyl halides is 3. The van der Waals surface area contributed by atoms with Gasteiger partial charge in [0.1, 0.15) is 17.2 Å². The van der Waals surface area contributed by atoms with Crippen molar-refractivity contribution in [2.45, 2.75) is 44.0 Å². The summed E-state index contributed by atoms with van der Waals surface area (Å²) in [6.07, 6.45) is -0.278. The number of carbonyl (C=O) groups is 1. The van der Waals surface area contributed by atoms with Gasteiger partial charge in [-0.3, -0.25) is 9.59 Å². The smallest absolute Gasteiger partial charge is 0.347 e. The van der Waals surface area contributed by atoms with E-state index >= 15 is 0 Å². The van der Waals surface area contributed by atoms with Crippen molar-refractivity contribution in [3.05, 3.63) is 26.6 Å². The summed E-state index contributed by atoms with van der Waals surface area (Å²) >= 11 is 2.92. The summed E-state index contributed by atoms with van der Waals surface area (Å²) in [6, 6.07) is 0. The van der Waals surface area contributed by atoms with Crippen LogP contribution in [0.3, 0.4) is 0 Å². The number of nitrogens with zero attached hydrogens (tertiary/aromatic N) is 1. The molecule has 26 heavy (non-hydrogen) atoms. The van der Waals surface area contributed by atoms with Crippen LogP contribution < -0.4 is 10.9 Å². The van der Waals surface area contributed by atoms with Gasteiger partial charge in [0.25, 0.3) is 5.56 Å². The molecule has 1 amide bonds. The Bertz CT molecular complexity index is 861. The van der Waals surface area contributed by atoms with Gasteiger partial charge >= 0.3 is 6.18 Å². The molecule has 142 valence electrons. The standard InChI is InChI=1S/C16H18F3N3O2S2/c17-16(18,19)8-20-12(23)5-6-25-7-11-21-14(24)13-9-3-1-2-4-10(9)26-15(13)22-11/h1-8H2,(H,20,23)(H,21,22,24). The number of amides is 1. The van der Waals surface area contributed by atoms with Crippen LogP contribution in [-0.2, 0) is 23.4 Å². The molecule has 0 saturated carbocycles. The molecule has 0 saturated heterocycles. The van der Waals surface area contributed by atoms with Crippen LogP contribution in [0.25, 0.3) is 10.2 Å². The summed E-state index contributed by atoms with van der Waals surface area (Å²) in [6.45, 7) is -1.31. The molecular weight excluding hydrogens is 387 g/mol. The molecule has 0 atom stereocenters. The predicted molar refractivity (Wildman–Crippen MR) is 96.7 cm³/mol. The number of rotatable bonds is 6. The number of hydrogen-bond acceptors (Lipinski definition) is 5. The fourth-order valence-electron chi connectivity index (χ4n) is 2.90. The molecule has 5 nitrogen and oxygen atoms in total. The van der Waals surface area contributed by atoms with Crippen molar-refractivity contribution in [2.24, 2.45) is 0 Å².